The average Bonchev–Trinajstić information content (AvgIpc) is 3.24. The number of amides is 2. The summed E-state index contributed by atoms with van der Waals surface area (Å²) in [5, 5.41) is 2.91. The zero-order chi connectivity index (χ0) is 17.1. The molecule has 1 aromatic heterocycles. The summed E-state index contributed by atoms with van der Waals surface area (Å²) in [7, 11) is 0. The van der Waals surface area contributed by atoms with E-state index >= 15 is 0 Å². The van der Waals surface area contributed by atoms with E-state index in [1.54, 1.807) is 24.3 Å². The van der Waals surface area contributed by atoms with Gasteiger partial charge in [-0.25, -0.2) is 0 Å². The number of likely N-dealkylation sites (tertiary alicyclic amines) is 1. The van der Waals surface area contributed by atoms with E-state index in [-0.39, 0.29) is 11.8 Å². The number of carbonyl (C=O) groups excluding carboxylic acids is 2. The number of carbonyl (C=O) groups is 2. The molecule has 1 fully saturated rings. The van der Waals surface area contributed by atoms with Crippen molar-refractivity contribution < 1.29 is 9.59 Å². The van der Waals surface area contributed by atoms with E-state index < -0.39 is 0 Å². The van der Waals surface area contributed by atoms with Gasteiger partial charge in [0.15, 0.2) is 0 Å². The fourth-order valence-corrected chi connectivity index (χ4v) is 3.98. The third-order valence-electron chi connectivity index (χ3n) is 4.35. The molecule has 1 saturated heterocycles. The van der Waals surface area contributed by atoms with Crippen LogP contribution in [0, 0.1) is 6.92 Å². The van der Waals surface area contributed by atoms with Crippen LogP contribution in [0.3, 0.4) is 0 Å². The van der Waals surface area contributed by atoms with Crippen molar-refractivity contribution in [2.24, 2.45) is 0 Å². The van der Waals surface area contributed by atoms with Gasteiger partial charge in [-0.2, -0.15) is 0 Å². The minimum absolute atomic E-state index is 0.0758. The second kappa shape index (κ2) is 7.18. The molecule has 24 heavy (non-hydrogen) atoms. The Labute approximate surface area is 146 Å². The Kier molecular flexibility index (Phi) is 5.00. The molecular weight excluding hydrogens is 320 g/mol. The van der Waals surface area contributed by atoms with Gasteiger partial charge in [-0.05, 0) is 62.1 Å². The third-order valence-corrected chi connectivity index (χ3v) is 5.73. The molecule has 126 valence electrons. The largest absolute Gasteiger partial charge is 0.339 e. The zero-order valence-corrected chi connectivity index (χ0v) is 14.9. The lowest BCUT2D eigenvalue weighted by Gasteiger charge is -2.15. The van der Waals surface area contributed by atoms with Gasteiger partial charge in [0.1, 0.15) is 0 Å². The minimum Gasteiger partial charge on any atom is -0.339 e. The van der Waals surface area contributed by atoms with E-state index in [0.29, 0.717) is 11.3 Å². The summed E-state index contributed by atoms with van der Waals surface area (Å²) in [5.41, 5.74) is 2.55. The first-order valence-corrected chi connectivity index (χ1v) is 9.20. The summed E-state index contributed by atoms with van der Waals surface area (Å²) in [6.07, 6.45) is 3.11. The molecule has 2 aromatic rings. The van der Waals surface area contributed by atoms with E-state index in [1.165, 1.54) is 21.8 Å². The second-order valence-corrected chi connectivity index (χ2v) is 7.24. The van der Waals surface area contributed by atoms with E-state index in [4.69, 9.17) is 0 Å². The summed E-state index contributed by atoms with van der Waals surface area (Å²) in [5.74, 6) is -0.0201. The van der Waals surface area contributed by atoms with E-state index in [9.17, 15) is 9.59 Å². The van der Waals surface area contributed by atoms with E-state index in [2.05, 4.69) is 12.2 Å². The van der Waals surface area contributed by atoms with Crippen LogP contribution in [0.15, 0.2) is 30.3 Å². The first kappa shape index (κ1) is 16.7. The highest BCUT2D eigenvalue weighted by atomic mass is 32.1. The lowest BCUT2D eigenvalue weighted by molar-refractivity contribution is 0.0792. The number of nitrogens with one attached hydrogen (secondary N) is 1. The van der Waals surface area contributed by atoms with E-state index in [0.717, 1.165) is 37.2 Å². The SMILES string of the molecule is CCc1sc(C(=O)Nc2ccc(C(=O)N3CCCC3)cc2)cc1C. The van der Waals surface area contributed by atoms with Crippen molar-refractivity contribution in [2.75, 3.05) is 18.4 Å². The van der Waals surface area contributed by atoms with Gasteiger partial charge >= 0.3 is 0 Å². The van der Waals surface area contributed by atoms with Gasteiger partial charge < -0.3 is 10.2 Å². The Morgan fingerprint density at radius 1 is 1.17 bits per heavy atom. The molecule has 1 N–H and O–H groups in total. The maximum Gasteiger partial charge on any atom is 0.265 e. The van der Waals surface area contributed by atoms with Crippen molar-refractivity contribution in [3.8, 4) is 0 Å². The quantitative estimate of drug-likeness (QED) is 0.909. The molecule has 0 saturated carbocycles. The smallest absolute Gasteiger partial charge is 0.265 e. The monoisotopic (exact) mass is 342 g/mol. The summed E-state index contributed by atoms with van der Waals surface area (Å²) < 4.78 is 0. The Morgan fingerprint density at radius 2 is 1.83 bits per heavy atom. The number of thiophene rings is 1. The highest BCUT2D eigenvalue weighted by molar-refractivity contribution is 7.14. The van der Waals surface area contributed by atoms with Crippen LogP contribution in [-0.4, -0.2) is 29.8 Å². The van der Waals surface area contributed by atoms with Crippen LogP contribution in [0.5, 0.6) is 0 Å². The van der Waals surface area contributed by atoms with Crippen LogP contribution in [0.25, 0.3) is 0 Å². The Balaban J connectivity index is 1.67. The number of anilines is 1. The molecule has 2 heterocycles. The second-order valence-electron chi connectivity index (χ2n) is 6.10. The summed E-state index contributed by atoms with van der Waals surface area (Å²) >= 11 is 1.54. The topological polar surface area (TPSA) is 49.4 Å². The lowest BCUT2D eigenvalue weighted by Crippen LogP contribution is -2.27. The van der Waals surface area contributed by atoms with Crippen molar-refractivity contribution in [1.29, 1.82) is 0 Å². The van der Waals surface area contributed by atoms with Crippen LogP contribution in [0.4, 0.5) is 5.69 Å². The van der Waals surface area contributed by atoms with Gasteiger partial charge in [0.2, 0.25) is 0 Å². The Hall–Kier alpha value is -2.14. The molecule has 0 radical (unpaired) electrons. The maximum atomic E-state index is 12.3. The van der Waals surface area contributed by atoms with Crippen molar-refractivity contribution in [3.63, 3.8) is 0 Å². The number of benzene rings is 1. The molecule has 0 unspecified atom stereocenters. The average molecular weight is 342 g/mol. The van der Waals surface area contributed by atoms with E-state index in [1.807, 2.05) is 17.9 Å². The fourth-order valence-electron chi connectivity index (χ4n) is 2.97. The van der Waals surface area contributed by atoms with Crippen LogP contribution in [0.2, 0.25) is 0 Å². The first-order chi connectivity index (χ1) is 11.6. The molecule has 0 aliphatic carbocycles. The molecule has 1 aliphatic rings. The van der Waals surface area contributed by atoms with Crippen LogP contribution < -0.4 is 5.32 Å². The highest BCUT2D eigenvalue weighted by Gasteiger charge is 2.19. The van der Waals surface area contributed by atoms with Gasteiger partial charge in [0.05, 0.1) is 4.88 Å². The molecule has 0 spiro atoms. The Morgan fingerprint density at radius 3 is 2.42 bits per heavy atom. The minimum atomic E-state index is -0.0959. The lowest BCUT2D eigenvalue weighted by atomic mass is 10.2. The number of hydrogen-bond acceptors (Lipinski definition) is 3. The summed E-state index contributed by atoms with van der Waals surface area (Å²) in [6.45, 7) is 5.81. The Bertz CT molecular complexity index is 743. The molecule has 0 bridgehead atoms. The van der Waals surface area contributed by atoms with Crippen molar-refractivity contribution in [3.05, 3.63) is 51.2 Å². The molecule has 0 atom stereocenters. The molecular formula is C19H22N2O2S. The number of hydrogen-bond donors (Lipinski definition) is 1. The third kappa shape index (κ3) is 3.51. The predicted molar refractivity (Wildman–Crippen MR) is 98.0 cm³/mol. The van der Waals surface area contributed by atoms with Gasteiger partial charge in [-0.15, -0.1) is 11.3 Å². The van der Waals surface area contributed by atoms with Gasteiger partial charge in [0.25, 0.3) is 11.8 Å². The molecule has 2 amide bonds. The summed E-state index contributed by atoms with van der Waals surface area (Å²) in [4.78, 5) is 28.5. The number of aryl methyl sites for hydroxylation is 2. The van der Waals surface area contributed by atoms with Crippen LogP contribution >= 0.6 is 11.3 Å². The normalized spacial score (nSPS) is 14.0. The molecule has 1 aromatic carbocycles. The number of rotatable bonds is 4. The van der Waals surface area contributed by atoms with Crippen molar-refractivity contribution in [2.45, 2.75) is 33.1 Å². The van der Waals surface area contributed by atoms with Crippen LogP contribution in [0.1, 0.15) is 50.2 Å². The molecule has 3 rings (SSSR count). The first-order valence-electron chi connectivity index (χ1n) is 8.38. The summed E-state index contributed by atoms with van der Waals surface area (Å²) in [6, 6.07) is 9.09. The fraction of sp³-hybridized carbons (Fsp3) is 0.368. The molecule has 1 aliphatic heterocycles. The predicted octanol–water partition coefficient (Wildman–Crippen LogP) is 4.11. The standard InChI is InChI=1S/C19H22N2O2S/c1-3-16-13(2)12-17(24-16)18(22)20-15-8-6-14(7-9-15)19(23)21-10-4-5-11-21/h6-9,12H,3-5,10-11H2,1-2H3,(H,20,22). The zero-order valence-electron chi connectivity index (χ0n) is 14.1. The highest BCUT2D eigenvalue weighted by Crippen LogP contribution is 2.23. The van der Waals surface area contributed by atoms with Crippen molar-refractivity contribution >= 4 is 28.8 Å². The molecule has 5 heteroatoms. The van der Waals surface area contributed by atoms with Crippen molar-refractivity contribution in [1.82, 2.24) is 4.90 Å². The van der Waals surface area contributed by atoms with Gasteiger partial charge in [-0.3, -0.25) is 9.59 Å². The van der Waals surface area contributed by atoms with Gasteiger partial charge in [-0.1, -0.05) is 6.92 Å². The maximum absolute atomic E-state index is 12.3. The van der Waals surface area contributed by atoms with Crippen LogP contribution in [-0.2, 0) is 6.42 Å². The number of nitrogens with zero attached hydrogens (tertiary/aromatic N) is 1. The molecule has 4 nitrogen and oxygen atoms in total. The van der Waals surface area contributed by atoms with Gasteiger partial charge in [0, 0.05) is 29.2 Å².